The number of nitrogens with one attached hydrogen (secondary N) is 1. The van der Waals surface area contributed by atoms with E-state index in [9.17, 15) is 18.0 Å². The zero-order chi connectivity index (χ0) is 31.5. The molecule has 4 rings (SSSR count). The van der Waals surface area contributed by atoms with Crippen molar-refractivity contribution in [3.8, 4) is 5.75 Å². The first-order valence-electron chi connectivity index (χ1n) is 14.4. The summed E-state index contributed by atoms with van der Waals surface area (Å²) < 4.78 is 36.0. The summed E-state index contributed by atoms with van der Waals surface area (Å²) in [6, 6.07) is 30.7. The van der Waals surface area contributed by atoms with Gasteiger partial charge in [-0.3, -0.25) is 13.9 Å². The highest BCUT2D eigenvalue weighted by atomic mass is 79.9. The summed E-state index contributed by atoms with van der Waals surface area (Å²) in [6.45, 7) is 3.82. The lowest BCUT2D eigenvalue weighted by Crippen LogP contribution is -2.53. The zero-order valence-electron chi connectivity index (χ0n) is 24.7. The summed E-state index contributed by atoms with van der Waals surface area (Å²) >= 11 is 3.50. The van der Waals surface area contributed by atoms with Crippen LogP contribution in [0.25, 0.3) is 0 Å². The molecule has 8 nitrogen and oxygen atoms in total. The fourth-order valence-electron chi connectivity index (χ4n) is 4.85. The number of rotatable bonds is 14. The smallest absolute Gasteiger partial charge is 0.264 e. The van der Waals surface area contributed by atoms with Crippen LogP contribution in [0.2, 0.25) is 0 Å². The molecule has 1 N–H and O–H groups in total. The maximum Gasteiger partial charge on any atom is 0.264 e. The van der Waals surface area contributed by atoms with Crippen LogP contribution >= 0.6 is 15.9 Å². The van der Waals surface area contributed by atoms with E-state index in [-0.39, 0.29) is 29.5 Å². The molecular formula is C34H36BrN3O5S. The molecule has 0 fully saturated rings. The van der Waals surface area contributed by atoms with Gasteiger partial charge in [-0.05, 0) is 61.4 Å². The topological polar surface area (TPSA) is 96.0 Å². The van der Waals surface area contributed by atoms with E-state index in [1.807, 2.05) is 61.5 Å². The van der Waals surface area contributed by atoms with E-state index < -0.39 is 28.5 Å². The minimum atomic E-state index is -4.22. The number of para-hydroxylation sites is 2. The Balaban J connectivity index is 1.82. The molecule has 230 valence electrons. The second-order valence-electron chi connectivity index (χ2n) is 9.98. The Morgan fingerprint density at radius 2 is 1.48 bits per heavy atom. The van der Waals surface area contributed by atoms with E-state index in [0.717, 1.165) is 19.9 Å². The van der Waals surface area contributed by atoms with Gasteiger partial charge in [0, 0.05) is 24.0 Å². The maximum atomic E-state index is 14.5. The number of likely N-dealkylation sites (N-methyl/N-ethyl adjacent to an activating group) is 1. The Kier molecular flexibility index (Phi) is 11.6. The molecule has 0 spiro atoms. The Bertz CT molecular complexity index is 1650. The third-order valence-electron chi connectivity index (χ3n) is 6.91. The number of halogens is 1. The molecule has 0 aromatic heterocycles. The normalized spacial score (nSPS) is 11.8. The van der Waals surface area contributed by atoms with Crippen molar-refractivity contribution in [1.82, 2.24) is 10.2 Å². The number of benzene rings is 4. The number of hydrogen-bond acceptors (Lipinski definition) is 5. The Hall–Kier alpha value is -4.15. The van der Waals surface area contributed by atoms with Crippen LogP contribution in [0.3, 0.4) is 0 Å². The van der Waals surface area contributed by atoms with Crippen LogP contribution in [0.1, 0.15) is 25.0 Å². The molecule has 0 aliphatic rings. The van der Waals surface area contributed by atoms with E-state index in [0.29, 0.717) is 18.9 Å². The molecule has 1 unspecified atom stereocenters. The lowest BCUT2D eigenvalue weighted by molar-refractivity contribution is -0.140. The lowest BCUT2D eigenvalue weighted by Gasteiger charge is -2.34. The van der Waals surface area contributed by atoms with Crippen molar-refractivity contribution >= 4 is 43.5 Å². The molecule has 0 bridgehead atoms. The number of sulfonamides is 1. The van der Waals surface area contributed by atoms with Gasteiger partial charge in [0.2, 0.25) is 11.8 Å². The number of hydrogen-bond donors (Lipinski definition) is 1. The summed E-state index contributed by atoms with van der Waals surface area (Å²) in [5, 5.41) is 2.87. The first-order valence-corrected chi connectivity index (χ1v) is 16.6. The Labute approximate surface area is 267 Å². The number of amides is 2. The van der Waals surface area contributed by atoms with Gasteiger partial charge < -0.3 is 15.0 Å². The highest BCUT2D eigenvalue weighted by Crippen LogP contribution is 2.33. The number of carbonyl (C=O) groups is 2. The molecular weight excluding hydrogens is 642 g/mol. The molecule has 0 aliphatic heterocycles. The summed E-state index contributed by atoms with van der Waals surface area (Å²) in [7, 11) is -4.22. The minimum Gasteiger partial charge on any atom is -0.492 e. The number of carbonyl (C=O) groups excluding carboxylic acids is 2. The molecule has 2 amide bonds. The van der Waals surface area contributed by atoms with Crippen LogP contribution < -0.4 is 14.4 Å². The molecule has 0 aliphatic carbocycles. The SMILES string of the molecule is CCNC(=O)C(Cc1ccccc1)N(Cc1cccc(Br)c1)C(=O)CN(c1ccccc1OCC)S(=O)(=O)c1ccccc1. The van der Waals surface area contributed by atoms with Crippen LogP contribution in [0, 0.1) is 0 Å². The molecule has 4 aromatic carbocycles. The fraction of sp³-hybridized carbons (Fsp3) is 0.235. The third-order valence-corrected chi connectivity index (χ3v) is 9.18. The number of anilines is 1. The van der Waals surface area contributed by atoms with E-state index in [2.05, 4.69) is 21.2 Å². The van der Waals surface area contributed by atoms with Crippen molar-refractivity contribution in [2.24, 2.45) is 0 Å². The van der Waals surface area contributed by atoms with Crippen LogP contribution in [0.4, 0.5) is 5.69 Å². The molecule has 10 heteroatoms. The monoisotopic (exact) mass is 677 g/mol. The second kappa shape index (κ2) is 15.5. The van der Waals surface area contributed by atoms with Gasteiger partial charge in [-0.15, -0.1) is 0 Å². The van der Waals surface area contributed by atoms with Crippen molar-refractivity contribution in [3.63, 3.8) is 0 Å². The zero-order valence-corrected chi connectivity index (χ0v) is 27.1. The largest absolute Gasteiger partial charge is 0.492 e. The predicted molar refractivity (Wildman–Crippen MR) is 176 cm³/mol. The summed E-state index contributed by atoms with van der Waals surface area (Å²) in [4.78, 5) is 29.6. The average molecular weight is 679 g/mol. The molecule has 0 heterocycles. The van der Waals surface area contributed by atoms with Crippen LogP contribution in [-0.4, -0.2) is 50.9 Å². The maximum absolute atomic E-state index is 14.5. The summed E-state index contributed by atoms with van der Waals surface area (Å²) in [5.41, 5.74) is 1.88. The van der Waals surface area contributed by atoms with E-state index in [4.69, 9.17) is 4.74 Å². The number of ether oxygens (including phenoxy) is 1. The first kappa shape index (κ1) is 32.8. The van der Waals surface area contributed by atoms with E-state index in [1.54, 1.807) is 49.4 Å². The summed E-state index contributed by atoms with van der Waals surface area (Å²) in [6.07, 6.45) is 0.243. The minimum absolute atomic E-state index is 0.0298. The van der Waals surface area contributed by atoms with Gasteiger partial charge in [0.15, 0.2) is 0 Å². The molecule has 0 saturated carbocycles. The van der Waals surface area contributed by atoms with Crippen molar-refractivity contribution in [1.29, 1.82) is 0 Å². The Morgan fingerprint density at radius 3 is 2.14 bits per heavy atom. The van der Waals surface area contributed by atoms with Crippen LogP contribution in [-0.2, 0) is 32.6 Å². The third kappa shape index (κ3) is 8.27. The van der Waals surface area contributed by atoms with Crippen molar-refractivity contribution in [3.05, 3.63) is 125 Å². The molecule has 1 atom stereocenters. The fourth-order valence-corrected chi connectivity index (χ4v) is 6.74. The molecule has 44 heavy (non-hydrogen) atoms. The molecule has 0 saturated heterocycles. The van der Waals surface area contributed by atoms with Gasteiger partial charge in [0.25, 0.3) is 10.0 Å². The van der Waals surface area contributed by atoms with Gasteiger partial charge in [-0.25, -0.2) is 8.42 Å². The number of nitrogens with zero attached hydrogens (tertiary/aromatic N) is 2. The quantitative estimate of drug-likeness (QED) is 0.182. The summed E-state index contributed by atoms with van der Waals surface area (Å²) in [5.74, 6) is -0.541. The predicted octanol–water partition coefficient (Wildman–Crippen LogP) is 5.82. The highest BCUT2D eigenvalue weighted by Gasteiger charge is 2.35. The standard InChI is InChI=1S/C34H36BrN3O5S/c1-3-36-34(40)31(23-26-14-7-5-8-15-26)37(24-27-16-13-17-28(35)22-27)33(39)25-38(30-20-11-12-21-32(30)43-4-2)44(41,42)29-18-9-6-10-19-29/h5-22,31H,3-4,23-25H2,1-2H3,(H,36,40). The lowest BCUT2D eigenvalue weighted by atomic mass is 10.0. The van der Waals surface area contributed by atoms with E-state index in [1.165, 1.54) is 17.0 Å². The van der Waals surface area contributed by atoms with Crippen LogP contribution in [0.5, 0.6) is 5.75 Å². The van der Waals surface area contributed by atoms with Gasteiger partial charge in [0.05, 0.1) is 17.2 Å². The van der Waals surface area contributed by atoms with Crippen molar-refractivity contribution in [2.75, 3.05) is 24.0 Å². The molecule has 4 aromatic rings. The Morgan fingerprint density at radius 1 is 0.841 bits per heavy atom. The highest BCUT2D eigenvalue weighted by molar-refractivity contribution is 9.10. The van der Waals surface area contributed by atoms with Gasteiger partial charge in [-0.2, -0.15) is 0 Å². The van der Waals surface area contributed by atoms with Crippen molar-refractivity contribution in [2.45, 2.75) is 37.8 Å². The van der Waals surface area contributed by atoms with Gasteiger partial charge in [0.1, 0.15) is 18.3 Å². The second-order valence-corrected chi connectivity index (χ2v) is 12.8. The van der Waals surface area contributed by atoms with Crippen molar-refractivity contribution < 1.29 is 22.7 Å². The first-order chi connectivity index (χ1) is 21.2. The molecule has 0 radical (unpaired) electrons. The van der Waals surface area contributed by atoms with Gasteiger partial charge in [-0.1, -0.05) is 88.7 Å². The average Bonchev–Trinajstić information content (AvgIpc) is 3.03. The van der Waals surface area contributed by atoms with E-state index >= 15 is 0 Å². The van der Waals surface area contributed by atoms with Gasteiger partial charge >= 0.3 is 0 Å². The van der Waals surface area contributed by atoms with Crippen LogP contribution in [0.15, 0.2) is 119 Å².